The van der Waals surface area contributed by atoms with E-state index in [1.807, 2.05) is 6.08 Å². The van der Waals surface area contributed by atoms with Crippen molar-refractivity contribution in [3.05, 3.63) is 36.0 Å². The van der Waals surface area contributed by atoms with E-state index in [2.05, 4.69) is 9.89 Å². The highest BCUT2D eigenvalue weighted by Crippen LogP contribution is 2.25. The van der Waals surface area contributed by atoms with E-state index in [4.69, 9.17) is 4.74 Å². The number of aliphatic imine (C=N–C) groups is 1. The van der Waals surface area contributed by atoms with Gasteiger partial charge in [-0.3, -0.25) is 4.79 Å². The van der Waals surface area contributed by atoms with Crippen molar-refractivity contribution in [3.63, 3.8) is 0 Å². The first-order chi connectivity index (χ1) is 10.8. The van der Waals surface area contributed by atoms with Crippen molar-refractivity contribution in [1.29, 1.82) is 0 Å². The Labute approximate surface area is 128 Å². The van der Waals surface area contributed by atoms with Gasteiger partial charge in [0.1, 0.15) is 0 Å². The lowest BCUT2D eigenvalue weighted by Gasteiger charge is -2.35. The van der Waals surface area contributed by atoms with Crippen molar-refractivity contribution >= 4 is 23.4 Å². The van der Waals surface area contributed by atoms with Crippen LogP contribution in [0.25, 0.3) is 0 Å². The number of isocyanates is 1. The first-order valence-corrected chi connectivity index (χ1v) is 7.32. The van der Waals surface area contributed by atoms with Crippen LogP contribution < -0.4 is 4.90 Å². The minimum atomic E-state index is 0.0137. The van der Waals surface area contributed by atoms with Crippen molar-refractivity contribution in [2.24, 2.45) is 4.99 Å². The van der Waals surface area contributed by atoms with Crippen LogP contribution in [0.3, 0.4) is 0 Å². The van der Waals surface area contributed by atoms with E-state index in [0.717, 1.165) is 30.9 Å². The summed E-state index contributed by atoms with van der Waals surface area (Å²) in [5, 5.41) is 0. The van der Waals surface area contributed by atoms with Gasteiger partial charge < -0.3 is 14.5 Å². The monoisotopic (exact) mass is 299 g/mol. The summed E-state index contributed by atoms with van der Waals surface area (Å²) in [5.74, 6) is 0.0137. The number of hydrogen-bond acceptors (Lipinski definition) is 5. The van der Waals surface area contributed by atoms with Gasteiger partial charge in [0.05, 0.1) is 24.6 Å². The molecule has 0 aromatic heterocycles. The van der Waals surface area contributed by atoms with Crippen molar-refractivity contribution in [3.8, 4) is 0 Å². The van der Waals surface area contributed by atoms with Crippen LogP contribution in [0, 0.1) is 0 Å². The van der Waals surface area contributed by atoms with Crippen LogP contribution in [0.5, 0.6) is 0 Å². The third-order valence-electron chi connectivity index (χ3n) is 3.84. The van der Waals surface area contributed by atoms with Crippen LogP contribution in [0.4, 0.5) is 11.4 Å². The summed E-state index contributed by atoms with van der Waals surface area (Å²) in [7, 11) is 0. The maximum Gasteiger partial charge on any atom is 0.274 e. The normalized spacial score (nSPS) is 18.7. The molecular weight excluding hydrogens is 282 g/mol. The number of ether oxygens (including phenoxy) is 1. The highest BCUT2D eigenvalue weighted by atomic mass is 16.5. The second-order valence-electron chi connectivity index (χ2n) is 5.15. The molecule has 1 aromatic rings. The van der Waals surface area contributed by atoms with Gasteiger partial charge in [0.15, 0.2) is 0 Å². The SMILES string of the molecule is O=C=Nc1ccc(N2CCC=C(N3CCOCC3)C2=O)cc1. The lowest BCUT2D eigenvalue weighted by Crippen LogP contribution is -2.45. The van der Waals surface area contributed by atoms with E-state index < -0.39 is 0 Å². The number of carbonyl (C=O) groups is 1. The topological polar surface area (TPSA) is 62.2 Å². The molecule has 0 aliphatic carbocycles. The van der Waals surface area contributed by atoms with Crippen LogP contribution in [-0.2, 0) is 14.3 Å². The lowest BCUT2D eigenvalue weighted by atomic mass is 10.1. The molecule has 0 bridgehead atoms. The van der Waals surface area contributed by atoms with Crippen LogP contribution in [0.1, 0.15) is 6.42 Å². The van der Waals surface area contributed by atoms with Gasteiger partial charge in [0, 0.05) is 25.3 Å². The standard InChI is InChI=1S/C16H17N3O3/c20-12-17-13-3-5-14(6-4-13)19-7-1-2-15(16(19)21)18-8-10-22-11-9-18/h2-6H,1,7-11H2. The average Bonchev–Trinajstić information content (AvgIpc) is 2.57. The molecule has 0 radical (unpaired) electrons. The molecule has 0 atom stereocenters. The fraction of sp³-hybridized carbons (Fsp3) is 0.375. The van der Waals surface area contributed by atoms with E-state index in [0.29, 0.717) is 25.4 Å². The summed E-state index contributed by atoms with van der Waals surface area (Å²) in [5.41, 5.74) is 2.10. The Morgan fingerprint density at radius 2 is 1.82 bits per heavy atom. The molecule has 0 unspecified atom stereocenters. The second-order valence-corrected chi connectivity index (χ2v) is 5.15. The number of benzene rings is 1. The maximum absolute atomic E-state index is 12.7. The molecule has 6 nitrogen and oxygen atoms in total. The van der Waals surface area contributed by atoms with Gasteiger partial charge >= 0.3 is 0 Å². The van der Waals surface area contributed by atoms with Gasteiger partial charge in [-0.2, -0.15) is 4.99 Å². The number of carbonyl (C=O) groups excluding carboxylic acids is 2. The molecule has 1 saturated heterocycles. The van der Waals surface area contributed by atoms with E-state index >= 15 is 0 Å². The highest BCUT2D eigenvalue weighted by molar-refractivity contribution is 6.06. The van der Waals surface area contributed by atoms with Crippen LogP contribution in [0.15, 0.2) is 41.0 Å². The number of nitrogens with zero attached hydrogens (tertiary/aromatic N) is 3. The highest BCUT2D eigenvalue weighted by Gasteiger charge is 2.28. The van der Waals surface area contributed by atoms with Crippen molar-refractivity contribution in [1.82, 2.24) is 4.90 Å². The zero-order valence-electron chi connectivity index (χ0n) is 12.2. The molecule has 6 heteroatoms. The van der Waals surface area contributed by atoms with Gasteiger partial charge in [-0.1, -0.05) is 6.08 Å². The maximum atomic E-state index is 12.7. The Morgan fingerprint density at radius 3 is 2.50 bits per heavy atom. The summed E-state index contributed by atoms with van der Waals surface area (Å²) in [6, 6.07) is 7.02. The quantitative estimate of drug-likeness (QED) is 0.628. The van der Waals surface area contributed by atoms with Crippen molar-refractivity contribution in [2.75, 3.05) is 37.7 Å². The van der Waals surface area contributed by atoms with Gasteiger partial charge in [-0.15, -0.1) is 0 Å². The minimum Gasteiger partial charge on any atom is -0.378 e. The molecule has 3 rings (SSSR count). The smallest absolute Gasteiger partial charge is 0.274 e. The Bertz CT molecular complexity index is 627. The minimum absolute atomic E-state index is 0.0137. The van der Waals surface area contributed by atoms with Gasteiger partial charge in [-0.05, 0) is 30.7 Å². The lowest BCUT2D eigenvalue weighted by molar-refractivity contribution is -0.117. The zero-order chi connectivity index (χ0) is 15.4. The fourth-order valence-corrected chi connectivity index (χ4v) is 2.73. The van der Waals surface area contributed by atoms with Crippen LogP contribution >= 0.6 is 0 Å². The molecule has 0 N–H and O–H groups in total. The van der Waals surface area contributed by atoms with Gasteiger partial charge in [0.25, 0.3) is 5.91 Å². The van der Waals surface area contributed by atoms with Gasteiger partial charge in [0.2, 0.25) is 6.08 Å². The van der Waals surface area contributed by atoms with E-state index in [1.165, 1.54) is 6.08 Å². The molecule has 2 aliphatic rings. The molecule has 0 saturated carbocycles. The van der Waals surface area contributed by atoms with Crippen molar-refractivity contribution < 1.29 is 14.3 Å². The number of hydrogen-bond donors (Lipinski definition) is 0. The molecule has 1 fully saturated rings. The van der Waals surface area contributed by atoms with E-state index in [1.54, 1.807) is 29.2 Å². The predicted molar refractivity (Wildman–Crippen MR) is 81.7 cm³/mol. The van der Waals surface area contributed by atoms with Gasteiger partial charge in [-0.25, -0.2) is 4.79 Å². The summed E-state index contributed by atoms with van der Waals surface area (Å²) in [6.07, 6.45) is 4.34. The Kier molecular flexibility index (Phi) is 4.32. The summed E-state index contributed by atoms with van der Waals surface area (Å²) in [6.45, 7) is 3.46. The Hall–Kier alpha value is -2.43. The summed E-state index contributed by atoms with van der Waals surface area (Å²) < 4.78 is 5.34. The molecule has 2 aliphatic heterocycles. The Balaban J connectivity index is 1.78. The molecule has 2 heterocycles. The van der Waals surface area contributed by atoms with E-state index in [9.17, 15) is 9.59 Å². The van der Waals surface area contributed by atoms with E-state index in [-0.39, 0.29) is 5.91 Å². The average molecular weight is 299 g/mol. The largest absolute Gasteiger partial charge is 0.378 e. The fourth-order valence-electron chi connectivity index (χ4n) is 2.73. The molecule has 0 spiro atoms. The summed E-state index contributed by atoms with van der Waals surface area (Å²) in [4.78, 5) is 30.4. The van der Waals surface area contributed by atoms with Crippen molar-refractivity contribution in [2.45, 2.75) is 6.42 Å². The Morgan fingerprint density at radius 1 is 1.09 bits per heavy atom. The summed E-state index contributed by atoms with van der Waals surface area (Å²) >= 11 is 0. The number of morpholine rings is 1. The zero-order valence-corrected chi connectivity index (χ0v) is 12.2. The third-order valence-corrected chi connectivity index (χ3v) is 3.84. The molecule has 22 heavy (non-hydrogen) atoms. The molecule has 1 amide bonds. The second kappa shape index (κ2) is 6.56. The molecule has 114 valence electrons. The van der Waals surface area contributed by atoms with Crippen LogP contribution in [-0.4, -0.2) is 49.7 Å². The predicted octanol–water partition coefficient (Wildman–Crippen LogP) is 1.61. The number of rotatable bonds is 3. The third kappa shape index (κ3) is 2.93. The first kappa shape index (κ1) is 14.5. The molecule has 1 aromatic carbocycles. The van der Waals surface area contributed by atoms with Crippen LogP contribution in [0.2, 0.25) is 0 Å². The first-order valence-electron chi connectivity index (χ1n) is 7.32. The number of anilines is 1. The molecular formula is C16H17N3O3. The number of amides is 1.